The number of hydrogen-bond acceptors (Lipinski definition) is 3. The number of rotatable bonds is 2. The Balaban J connectivity index is 1.97. The Labute approximate surface area is 119 Å². The van der Waals surface area contributed by atoms with E-state index in [0.717, 1.165) is 25.1 Å². The molecule has 1 saturated heterocycles. The maximum atomic E-state index is 14.1. The topological polar surface area (TPSA) is 32.7 Å². The van der Waals surface area contributed by atoms with Crippen molar-refractivity contribution in [3.8, 4) is 0 Å². The minimum Gasteiger partial charge on any atom is -0.389 e. The van der Waals surface area contributed by atoms with Gasteiger partial charge >= 0.3 is 0 Å². The Morgan fingerprint density at radius 1 is 1.35 bits per heavy atom. The van der Waals surface area contributed by atoms with Crippen LogP contribution in [0.2, 0.25) is 0 Å². The van der Waals surface area contributed by atoms with E-state index in [2.05, 4.69) is 4.90 Å². The van der Waals surface area contributed by atoms with Gasteiger partial charge in [0.2, 0.25) is 0 Å². The predicted octanol–water partition coefficient (Wildman–Crippen LogP) is 3.03. The Morgan fingerprint density at radius 3 is 2.95 bits per heavy atom. The fourth-order valence-electron chi connectivity index (χ4n) is 3.59. The molecule has 1 N–H and O–H groups in total. The molecule has 1 aromatic carbocycles. The summed E-state index contributed by atoms with van der Waals surface area (Å²) in [6.07, 6.45) is 4.03. The van der Waals surface area contributed by atoms with E-state index < -0.39 is 6.10 Å². The van der Waals surface area contributed by atoms with E-state index in [0.29, 0.717) is 18.2 Å². The molecule has 1 aliphatic carbocycles. The number of ether oxygens (including phenoxy) is 1. The average molecular weight is 279 g/mol. The fourth-order valence-corrected chi connectivity index (χ4v) is 3.59. The molecule has 20 heavy (non-hydrogen) atoms. The molecular formula is C16H22FNO2. The van der Waals surface area contributed by atoms with Crippen LogP contribution in [0.4, 0.5) is 10.1 Å². The molecule has 2 fully saturated rings. The van der Waals surface area contributed by atoms with Crippen LogP contribution in [0.3, 0.4) is 0 Å². The second-order valence-corrected chi connectivity index (χ2v) is 5.80. The minimum atomic E-state index is -0.795. The number of hydrogen-bond donors (Lipinski definition) is 1. The highest BCUT2D eigenvalue weighted by atomic mass is 19.1. The Bertz CT molecular complexity index is 476. The van der Waals surface area contributed by atoms with Crippen molar-refractivity contribution < 1.29 is 14.2 Å². The number of morpholine rings is 1. The van der Waals surface area contributed by atoms with Crippen LogP contribution in [0.1, 0.15) is 44.3 Å². The number of aliphatic hydroxyl groups is 1. The van der Waals surface area contributed by atoms with Crippen molar-refractivity contribution in [1.29, 1.82) is 0 Å². The van der Waals surface area contributed by atoms with E-state index >= 15 is 0 Å². The van der Waals surface area contributed by atoms with Crippen molar-refractivity contribution in [2.24, 2.45) is 0 Å². The van der Waals surface area contributed by atoms with Gasteiger partial charge in [0.15, 0.2) is 0 Å². The Hall–Kier alpha value is -1.13. The lowest BCUT2D eigenvalue weighted by Gasteiger charge is -2.45. The number of fused-ring (bicyclic) bond motifs is 1. The number of benzene rings is 1. The Morgan fingerprint density at radius 2 is 2.15 bits per heavy atom. The zero-order chi connectivity index (χ0) is 14.1. The summed E-state index contributed by atoms with van der Waals surface area (Å²) in [6.45, 7) is 3.07. The van der Waals surface area contributed by atoms with Gasteiger partial charge in [-0.3, -0.25) is 0 Å². The molecule has 0 aromatic heterocycles. The van der Waals surface area contributed by atoms with Crippen molar-refractivity contribution in [2.75, 3.05) is 18.1 Å². The van der Waals surface area contributed by atoms with Crippen LogP contribution in [-0.4, -0.2) is 30.4 Å². The summed E-state index contributed by atoms with van der Waals surface area (Å²) in [6, 6.07) is 5.38. The SMILES string of the molecule is C[C@@H](O)c1c(F)cccc1N1CCOC2CCCCC21. The normalized spacial score (nSPS) is 28.1. The van der Waals surface area contributed by atoms with Crippen LogP contribution in [0.5, 0.6) is 0 Å². The first-order chi connectivity index (χ1) is 9.68. The van der Waals surface area contributed by atoms with Crippen LogP contribution in [-0.2, 0) is 4.74 Å². The molecule has 3 nitrogen and oxygen atoms in total. The molecule has 1 heterocycles. The number of halogens is 1. The third-order valence-corrected chi connectivity index (χ3v) is 4.49. The van der Waals surface area contributed by atoms with Gasteiger partial charge in [0.1, 0.15) is 5.82 Å². The Kier molecular flexibility index (Phi) is 3.94. The van der Waals surface area contributed by atoms with Crippen LogP contribution in [0.25, 0.3) is 0 Å². The van der Waals surface area contributed by atoms with Gasteiger partial charge in [-0.1, -0.05) is 18.9 Å². The summed E-state index contributed by atoms with van der Waals surface area (Å²) in [5.74, 6) is -0.323. The highest BCUT2D eigenvalue weighted by molar-refractivity contribution is 5.56. The third-order valence-electron chi connectivity index (χ3n) is 4.49. The zero-order valence-corrected chi connectivity index (χ0v) is 11.9. The molecule has 1 saturated carbocycles. The standard InChI is InChI=1S/C16H22FNO2/c1-11(19)16-12(17)5-4-7-14(16)18-9-10-20-15-8-3-2-6-13(15)18/h4-5,7,11,13,15,19H,2-3,6,8-10H2,1H3/t11-,13?,15?/m1/s1. The molecule has 2 unspecified atom stereocenters. The molecule has 110 valence electrons. The van der Waals surface area contributed by atoms with Crippen LogP contribution >= 0.6 is 0 Å². The third kappa shape index (κ3) is 2.42. The second kappa shape index (κ2) is 5.70. The van der Waals surface area contributed by atoms with Crippen LogP contribution in [0, 0.1) is 5.82 Å². The van der Waals surface area contributed by atoms with Crippen molar-refractivity contribution in [2.45, 2.75) is 50.9 Å². The molecule has 0 spiro atoms. The summed E-state index contributed by atoms with van der Waals surface area (Å²) in [5, 5.41) is 9.91. The van der Waals surface area contributed by atoms with E-state index in [-0.39, 0.29) is 11.9 Å². The summed E-state index contributed by atoms with van der Waals surface area (Å²) in [5.41, 5.74) is 1.25. The van der Waals surface area contributed by atoms with Gasteiger partial charge in [0.05, 0.1) is 24.9 Å². The molecule has 0 amide bonds. The van der Waals surface area contributed by atoms with Gasteiger partial charge in [-0.2, -0.15) is 0 Å². The number of aliphatic hydroxyl groups excluding tert-OH is 1. The number of nitrogens with zero attached hydrogens (tertiary/aromatic N) is 1. The first-order valence-corrected chi connectivity index (χ1v) is 7.53. The monoisotopic (exact) mass is 279 g/mol. The van der Waals surface area contributed by atoms with Gasteiger partial charge in [-0.05, 0) is 31.9 Å². The van der Waals surface area contributed by atoms with E-state index in [9.17, 15) is 9.50 Å². The molecule has 4 heteroatoms. The smallest absolute Gasteiger partial charge is 0.131 e. The minimum absolute atomic E-state index is 0.252. The predicted molar refractivity (Wildman–Crippen MR) is 76.4 cm³/mol. The highest BCUT2D eigenvalue weighted by Gasteiger charge is 2.35. The molecule has 3 rings (SSSR count). The van der Waals surface area contributed by atoms with Crippen molar-refractivity contribution in [3.05, 3.63) is 29.6 Å². The highest BCUT2D eigenvalue weighted by Crippen LogP contribution is 2.36. The lowest BCUT2D eigenvalue weighted by Crippen LogP contribution is -2.53. The van der Waals surface area contributed by atoms with Crippen molar-refractivity contribution in [3.63, 3.8) is 0 Å². The zero-order valence-electron chi connectivity index (χ0n) is 11.9. The molecule has 0 bridgehead atoms. The van der Waals surface area contributed by atoms with Crippen molar-refractivity contribution >= 4 is 5.69 Å². The lowest BCUT2D eigenvalue weighted by atomic mass is 9.89. The molecular weight excluding hydrogens is 257 g/mol. The van der Waals surface area contributed by atoms with E-state index in [4.69, 9.17) is 4.74 Å². The van der Waals surface area contributed by atoms with Gasteiger partial charge in [-0.15, -0.1) is 0 Å². The molecule has 3 atom stereocenters. The van der Waals surface area contributed by atoms with Gasteiger partial charge in [0, 0.05) is 17.8 Å². The summed E-state index contributed by atoms with van der Waals surface area (Å²) < 4.78 is 19.9. The fraction of sp³-hybridized carbons (Fsp3) is 0.625. The maximum absolute atomic E-state index is 14.1. The molecule has 1 aliphatic heterocycles. The van der Waals surface area contributed by atoms with Crippen molar-refractivity contribution in [1.82, 2.24) is 0 Å². The molecule has 2 aliphatic rings. The largest absolute Gasteiger partial charge is 0.389 e. The average Bonchev–Trinajstić information content (AvgIpc) is 2.46. The summed E-state index contributed by atoms with van der Waals surface area (Å²) in [4.78, 5) is 2.25. The van der Waals surface area contributed by atoms with Gasteiger partial charge in [-0.25, -0.2) is 4.39 Å². The van der Waals surface area contributed by atoms with Crippen LogP contribution < -0.4 is 4.90 Å². The van der Waals surface area contributed by atoms with Crippen LogP contribution in [0.15, 0.2) is 18.2 Å². The molecule has 1 aromatic rings. The van der Waals surface area contributed by atoms with Gasteiger partial charge < -0.3 is 14.7 Å². The van der Waals surface area contributed by atoms with E-state index in [1.54, 1.807) is 13.0 Å². The first-order valence-electron chi connectivity index (χ1n) is 7.53. The maximum Gasteiger partial charge on any atom is 0.131 e. The van der Waals surface area contributed by atoms with E-state index in [1.807, 2.05) is 6.07 Å². The van der Waals surface area contributed by atoms with E-state index in [1.165, 1.54) is 18.9 Å². The number of anilines is 1. The first kappa shape index (κ1) is 13.8. The molecule has 0 radical (unpaired) electrons. The lowest BCUT2D eigenvalue weighted by molar-refractivity contribution is -0.00891. The summed E-state index contributed by atoms with van der Waals surface area (Å²) >= 11 is 0. The summed E-state index contributed by atoms with van der Waals surface area (Å²) in [7, 11) is 0. The second-order valence-electron chi connectivity index (χ2n) is 5.80. The quantitative estimate of drug-likeness (QED) is 0.903. The van der Waals surface area contributed by atoms with Gasteiger partial charge in [0.25, 0.3) is 0 Å².